The summed E-state index contributed by atoms with van der Waals surface area (Å²) >= 11 is 0. The van der Waals surface area contributed by atoms with Gasteiger partial charge in [0.1, 0.15) is 12.1 Å². The fourth-order valence-electron chi connectivity index (χ4n) is 2.26. The van der Waals surface area contributed by atoms with Crippen LogP contribution in [-0.2, 0) is 14.6 Å². The Morgan fingerprint density at radius 1 is 1.26 bits per heavy atom. The van der Waals surface area contributed by atoms with Gasteiger partial charge in [0.25, 0.3) is 0 Å². The zero-order valence-electron chi connectivity index (χ0n) is 12.7. The lowest BCUT2D eigenvalue weighted by Gasteiger charge is -2.10. The summed E-state index contributed by atoms with van der Waals surface area (Å²) in [5.41, 5.74) is 0.664. The zero-order valence-corrected chi connectivity index (χ0v) is 13.6. The van der Waals surface area contributed by atoms with E-state index in [4.69, 9.17) is 0 Å². The fourth-order valence-corrected chi connectivity index (χ4v) is 2.91. The minimum absolute atomic E-state index is 0.0960. The highest BCUT2D eigenvalue weighted by molar-refractivity contribution is 7.90. The monoisotopic (exact) mass is 334 g/mol. The molecule has 1 aliphatic rings. The van der Waals surface area contributed by atoms with E-state index in [1.54, 1.807) is 12.1 Å². The summed E-state index contributed by atoms with van der Waals surface area (Å²) < 4.78 is 23.4. The first-order chi connectivity index (χ1) is 10.9. The molecule has 23 heavy (non-hydrogen) atoms. The van der Waals surface area contributed by atoms with E-state index in [1.165, 1.54) is 18.6 Å². The third kappa shape index (κ3) is 3.76. The molecule has 0 unspecified atom stereocenters. The summed E-state index contributed by atoms with van der Waals surface area (Å²) in [5, 5.41) is 6.62. The predicted octanol–water partition coefficient (Wildman–Crippen LogP) is 0.971. The van der Waals surface area contributed by atoms with Gasteiger partial charge < -0.3 is 10.6 Å². The molecule has 8 heteroatoms. The van der Waals surface area contributed by atoms with Crippen LogP contribution in [0.3, 0.4) is 0 Å². The molecule has 1 heterocycles. The van der Waals surface area contributed by atoms with Crippen LogP contribution >= 0.6 is 0 Å². The van der Waals surface area contributed by atoms with Gasteiger partial charge in [0.2, 0.25) is 5.91 Å². The SMILES string of the molecule is CS(=O)(=O)c1ccc2ncnc(NCCNC(=O)C3CC3)c2c1. The highest BCUT2D eigenvalue weighted by Crippen LogP contribution is 2.28. The second-order valence-electron chi connectivity index (χ2n) is 5.67. The summed E-state index contributed by atoms with van der Waals surface area (Å²) in [4.78, 5) is 20.1. The van der Waals surface area contributed by atoms with E-state index >= 15 is 0 Å². The summed E-state index contributed by atoms with van der Waals surface area (Å²) in [6.45, 7) is 1.00. The van der Waals surface area contributed by atoms with E-state index in [-0.39, 0.29) is 16.7 Å². The molecule has 0 bridgehead atoms. The average Bonchev–Trinajstić information content (AvgIpc) is 3.35. The number of hydrogen-bond acceptors (Lipinski definition) is 6. The van der Waals surface area contributed by atoms with E-state index < -0.39 is 9.84 Å². The maximum Gasteiger partial charge on any atom is 0.223 e. The number of carbonyl (C=O) groups excluding carboxylic acids is 1. The quantitative estimate of drug-likeness (QED) is 0.764. The number of fused-ring (bicyclic) bond motifs is 1. The predicted molar refractivity (Wildman–Crippen MR) is 86.9 cm³/mol. The maximum atomic E-state index is 11.7. The molecule has 1 amide bonds. The van der Waals surface area contributed by atoms with Gasteiger partial charge in [-0.05, 0) is 31.0 Å². The van der Waals surface area contributed by atoms with Gasteiger partial charge in [-0.3, -0.25) is 4.79 Å². The topological polar surface area (TPSA) is 101 Å². The Labute approximate surface area is 134 Å². The van der Waals surface area contributed by atoms with Crippen LogP contribution in [0, 0.1) is 5.92 Å². The van der Waals surface area contributed by atoms with Crippen LogP contribution < -0.4 is 10.6 Å². The van der Waals surface area contributed by atoms with Crippen LogP contribution in [-0.4, -0.2) is 43.6 Å². The first-order valence-electron chi connectivity index (χ1n) is 7.41. The van der Waals surface area contributed by atoms with Crippen molar-refractivity contribution in [1.29, 1.82) is 0 Å². The molecular formula is C15H18N4O3S. The Kier molecular flexibility index (Phi) is 4.16. The van der Waals surface area contributed by atoms with Crippen LogP contribution in [0.5, 0.6) is 0 Å². The standard InChI is InChI=1S/C15H18N4O3S/c1-23(21,22)11-4-5-13-12(8-11)14(19-9-18-13)16-6-7-17-15(20)10-2-3-10/h4-5,8-10H,2-3,6-7H2,1H3,(H,17,20)(H,16,18,19). The number of carbonyl (C=O) groups is 1. The number of aromatic nitrogens is 2. The Morgan fingerprint density at radius 2 is 2.04 bits per heavy atom. The van der Waals surface area contributed by atoms with Gasteiger partial charge in [0.05, 0.1) is 10.4 Å². The third-order valence-corrected chi connectivity index (χ3v) is 4.81. The number of nitrogens with one attached hydrogen (secondary N) is 2. The van der Waals surface area contributed by atoms with Crippen LogP contribution in [0.2, 0.25) is 0 Å². The zero-order chi connectivity index (χ0) is 16.4. The highest BCUT2D eigenvalue weighted by Gasteiger charge is 2.28. The van der Waals surface area contributed by atoms with Gasteiger partial charge in [-0.2, -0.15) is 0 Å². The van der Waals surface area contributed by atoms with Gasteiger partial charge in [0, 0.05) is 30.6 Å². The third-order valence-electron chi connectivity index (χ3n) is 3.70. The van der Waals surface area contributed by atoms with Crippen LogP contribution in [0.15, 0.2) is 29.4 Å². The van der Waals surface area contributed by atoms with Gasteiger partial charge in [-0.1, -0.05) is 0 Å². The van der Waals surface area contributed by atoms with Gasteiger partial charge in [-0.15, -0.1) is 0 Å². The van der Waals surface area contributed by atoms with Crippen molar-refractivity contribution in [2.24, 2.45) is 5.92 Å². The molecule has 2 aromatic rings. The molecule has 2 N–H and O–H groups in total. The Bertz CT molecular complexity index is 847. The Hall–Kier alpha value is -2.22. The van der Waals surface area contributed by atoms with Gasteiger partial charge in [-0.25, -0.2) is 18.4 Å². The van der Waals surface area contributed by atoms with E-state index in [0.29, 0.717) is 29.8 Å². The molecule has 1 fully saturated rings. The van der Waals surface area contributed by atoms with Crippen molar-refractivity contribution in [1.82, 2.24) is 15.3 Å². The molecule has 0 radical (unpaired) electrons. The number of amides is 1. The number of nitrogens with zero attached hydrogens (tertiary/aromatic N) is 2. The largest absolute Gasteiger partial charge is 0.368 e. The second kappa shape index (κ2) is 6.11. The Morgan fingerprint density at radius 3 is 2.74 bits per heavy atom. The highest BCUT2D eigenvalue weighted by atomic mass is 32.2. The lowest BCUT2D eigenvalue weighted by molar-refractivity contribution is -0.122. The molecule has 122 valence electrons. The van der Waals surface area contributed by atoms with Gasteiger partial charge >= 0.3 is 0 Å². The van der Waals surface area contributed by atoms with E-state index in [0.717, 1.165) is 12.8 Å². The summed E-state index contributed by atoms with van der Waals surface area (Å²) in [7, 11) is -3.29. The molecule has 0 atom stereocenters. The van der Waals surface area contributed by atoms with Crippen LogP contribution in [0.1, 0.15) is 12.8 Å². The maximum absolute atomic E-state index is 11.7. The number of sulfone groups is 1. The van der Waals surface area contributed by atoms with Gasteiger partial charge in [0.15, 0.2) is 9.84 Å². The van der Waals surface area contributed by atoms with Crippen LogP contribution in [0.4, 0.5) is 5.82 Å². The molecular weight excluding hydrogens is 316 g/mol. The van der Waals surface area contributed by atoms with E-state index in [1.807, 2.05) is 0 Å². The number of benzene rings is 1. The number of rotatable bonds is 6. The molecule has 0 aliphatic heterocycles. The molecule has 1 saturated carbocycles. The Balaban J connectivity index is 1.72. The average molecular weight is 334 g/mol. The van der Waals surface area contributed by atoms with Crippen molar-refractivity contribution in [3.05, 3.63) is 24.5 Å². The van der Waals surface area contributed by atoms with Crippen molar-refractivity contribution in [3.8, 4) is 0 Å². The number of anilines is 1. The molecule has 0 saturated heterocycles. The van der Waals surface area contributed by atoms with Crippen molar-refractivity contribution in [2.45, 2.75) is 17.7 Å². The molecule has 3 rings (SSSR count). The molecule has 1 aromatic carbocycles. The van der Waals surface area contributed by atoms with Crippen LogP contribution in [0.25, 0.3) is 10.9 Å². The fraction of sp³-hybridized carbons (Fsp3) is 0.400. The summed E-state index contributed by atoms with van der Waals surface area (Å²) in [6.07, 6.45) is 4.54. The summed E-state index contributed by atoms with van der Waals surface area (Å²) in [5.74, 6) is 0.840. The smallest absolute Gasteiger partial charge is 0.223 e. The van der Waals surface area contributed by atoms with Crippen molar-refractivity contribution < 1.29 is 13.2 Å². The lowest BCUT2D eigenvalue weighted by Crippen LogP contribution is -2.30. The molecule has 1 aromatic heterocycles. The van der Waals surface area contributed by atoms with Crippen molar-refractivity contribution >= 4 is 32.5 Å². The first-order valence-corrected chi connectivity index (χ1v) is 9.31. The normalized spacial score (nSPS) is 14.7. The minimum Gasteiger partial charge on any atom is -0.368 e. The lowest BCUT2D eigenvalue weighted by atomic mass is 10.2. The van der Waals surface area contributed by atoms with Crippen molar-refractivity contribution in [3.63, 3.8) is 0 Å². The molecule has 1 aliphatic carbocycles. The summed E-state index contributed by atoms with van der Waals surface area (Å²) in [6, 6.07) is 4.76. The minimum atomic E-state index is -3.29. The molecule has 0 spiro atoms. The van der Waals surface area contributed by atoms with E-state index in [9.17, 15) is 13.2 Å². The van der Waals surface area contributed by atoms with E-state index in [2.05, 4.69) is 20.6 Å². The second-order valence-corrected chi connectivity index (χ2v) is 7.68. The first kappa shape index (κ1) is 15.7. The number of hydrogen-bond donors (Lipinski definition) is 2. The van der Waals surface area contributed by atoms with Crippen molar-refractivity contribution in [2.75, 3.05) is 24.7 Å². The molecule has 7 nitrogen and oxygen atoms in total.